The van der Waals surface area contributed by atoms with Gasteiger partial charge in [0.15, 0.2) is 0 Å². The monoisotopic (exact) mass is 260 g/mol. The minimum Gasteiger partial charge on any atom is -0.377 e. The van der Waals surface area contributed by atoms with Crippen LogP contribution in [-0.4, -0.2) is 29.6 Å². The lowest BCUT2D eigenvalue weighted by Gasteiger charge is -2.20. The minimum atomic E-state index is -2.33. The maximum absolute atomic E-state index is 5.58. The summed E-state index contributed by atoms with van der Waals surface area (Å²) in [5.74, 6) is 0. The van der Waals surface area contributed by atoms with Gasteiger partial charge in [-0.2, -0.15) is 0 Å². The molecule has 0 aromatic rings. The summed E-state index contributed by atoms with van der Waals surface area (Å²) < 4.78 is 16.0. The van der Waals surface area contributed by atoms with Gasteiger partial charge in [-0.3, -0.25) is 0 Å². The third kappa shape index (κ3) is 9.53. The molecular weight excluding hydrogens is 232 g/mol. The van der Waals surface area contributed by atoms with E-state index in [1.54, 1.807) is 14.2 Å². The van der Waals surface area contributed by atoms with Gasteiger partial charge in [-0.25, -0.2) is 0 Å². The molecule has 102 valence electrons. The van der Waals surface area contributed by atoms with Gasteiger partial charge in [-0.1, -0.05) is 44.8 Å². The summed E-state index contributed by atoms with van der Waals surface area (Å²) >= 11 is 0. The third-order valence-corrected chi connectivity index (χ3v) is 5.00. The molecule has 0 aliphatic carbocycles. The van der Waals surface area contributed by atoms with Crippen molar-refractivity contribution in [1.29, 1.82) is 0 Å². The Labute approximate surface area is 108 Å². The first-order chi connectivity index (χ1) is 8.18. The Hall–Kier alpha value is -0.163. The van der Waals surface area contributed by atoms with Gasteiger partial charge in [0.25, 0.3) is 0 Å². The maximum Gasteiger partial charge on any atom is 0.497 e. The summed E-state index contributed by atoms with van der Waals surface area (Å²) in [6.45, 7) is 4.72. The molecule has 0 atom stereocenters. The van der Waals surface area contributed by atoms with Gasteiger partial charge < -0.3 is 13.3 Å². The van der Waals surface area contributed by atoms with Crippen LogP contribution in [-0.2, 0) is 13.3 Å². The Morgan fingerprint density at radius 2 is 1.59 bits per heavy atom. The van der Waals surface area contributed by atoms with E-state index in [4.69, 9.17) is 13.3 Å². The molecular formula is C13H28O3Si. The van der Waals surface area contributed by atoms with Crippen LogP contribution in [0.5, 0.6) is 0 Å². The number of rotatable bonds is 11. The summed E-state index contributed by atoms with van der Waals surface area (Å²) in [6.07, 6.45) is 12.0. The Balaban J connectivity index is 3.42. The Kier molecular flexibility index (Phi) is 10.9. The predicted molar refractivity (Wildman–Crippen MR) is 74.1 cm³/mol. The SMILES string of the molecule is CCCCCCCC=CCO[Si](C)(OC)OC. The highest BCUT2D eigenvalue weighted by Gasteiger charge is 2.31. The molecule has 0 rings (SSSR count). The van der Waals surface area contributed by atoms with Crippen molar-refractivity contribution in [2.75, 3.05) is 20.8 Å². The first-order valence-corrected chi connectivity index (χ1v) is 8.80. The van der Waals surface area contributed by atoms with Gasteiger partial charge in [-0.05, 0) is 12.8 Å². The van der Waals surface area contributed by atoms with Crippen molar-refractivity contribution in [3.05, 3.63) is 12.2 Å². The van der Waals surface area contributed by atoms with Crippen LogP contribution >= 0.6 is 0 Å². The van der Waals surface area contributed by atoms with Crippen LogP contribution in [0.1, 0.15) is 45.4 Å². The van der Waals surface area contributed by atoms with Crippen LogP contribution < -0.4 is 0 Å². The molecule has 0 saturated carbocycles. The van der Waals surface area contributed by atoms with Gasteiger partial charge >= 0.3 is 8.80 Å². The molecule has 0 aromatic heterocycles. The van der Waals surface area contributed by atoms with Crippen LogP contribution in [0, 0.1) is 0 Å². The zero-order valence-corrected chi connectivity index (χ0v) is 12.8. The van der Waals surface area contributed by atoms with Gasteiger partial charge in [0.2, 0.25) is 0 Å². The van der Waals surface area contributed by atoms with Gasteiger partial charge in [0.1, 0.15) is 0 Å². The second-order valence-corrected chi connectivity index (χ2v) is 7.09. The third-order valence-electron chi connectivity index (χ3n) is 2.82. The summed E-state index contributed by atoms with van der Waals surface area (Å²) in [7, 11) is 0.930. The van der Waals surface area contributed by atoms with E-state index < -0.39 is 8.80 Å². The van der Waals surface area contributed by atoms with Crippen molar-refractivity contribution >= 4 is 8.80 Å². The van der Waals surface area contributed by atoms with E-state index >= 15 is 0 Å². The lowest BCUT2D eigenvalue weighted by molar-refractivity contribution is 0.118. The van der Waals surface area contributed by atoms with Crippen LogP contribution in [0.2, 0.25) is 6.55 Å². The molecule has 0 aliphatic rings. The first-order valence-electron chi connectivity index (χ1n) is 6.57. The van der Waals surface area contributed by atoms with Crippen molar-refractivity contribution in [2.45, 2.75) is 52.0 Å². The molecule has 0 radical (unpaired) electrons. The lowest BCUT2D eigenvalue weighted by atomic mass is 10.1. The molecule has 0 aromatic carbocycles. The highest BCUT2D eigenvalue weighted by atomic mass is 28.4. The van der Waals surface area contributed by atoms with Crippen molar-refractivity contribution < 1.29 is 13.3 Å². The zero-order valence-electron chi connectivity index (χ0n) is 11.8. The van der Waals surface area contributed by atoms with E-state index in [0.29, 0.717) is 6.61 Å². The molecule has 17 heavy (non-hydrogen) atoms. The molecule has 0 aliphatic heterocycles. The molecule has 0 fully saturated rings. The van der Waals surface area contributed by atoms with E-state index in [2.05, 4.69) is 19.1 Å². The maximum atomic E-state index is 5.58. The van der Waals surface area contributed by atoms with Crippen molar-refractivity contribution in [1.82, 2.24) is 0 Å². The molecule has 4 heteroatoms. The first kappa shape index (κ1) is 16.8. The fraction of sp³-hybridized carbons (Fsp3) is 0.846. The smallest absolute Gasteiger partial charge is 0.377 e. The van der Waals surface area contributed by atoms with Crippen LogP contribution in [0.15, 0.2) is 12.2 Å². The van der Waals surface area contributed by atoms with Gasteiger partial charge in [-0.15, -0.1) is 0 Å². The Bertz CT molecular complexity index is 191. The van der Waals surface area contributed by atoms with Crippen molar-refractivity contribution in [3.8, 4) is 0 Å². The highest BCUT2D eigenvalue weighted by molar-refractivity contribution is 6.59. The van der Waals surface area contributed by atoms with Gasteiger partial charge in [0, 0.05) is 20.8 Å². The van der Waals surface area contributed by atoms with Crippen LogP contribution in [0.3, 0.4) is 0 Å². The summed E-state index contributed by atoms with van der Waals surface area (Å²) in [4.78, 5) is 0. The van der Waals surface area contributed by atoms with Crippen molar-refractivity contribution in [3.63, 3.8) is 0 Å². The topological polar surface area (TPSA) is 27.7 Å². The lowest BCUT2D eigenvalue weighted by Crippen LogP contribution is -2.40. The molecule has 0 saturated heterocycles. The Morgan fingerprint density at radius 3 is 2.18 bits per heavy atom. The molecule has 0 unspecified atom stereocenters. The van der Waals surface area contributed by atoms with Gasteiger partial charge in [0.05, 0.1) is 6.61 Å². The Morgan fingerprint density at radius 1 is 0.941 bits per heavy atom. The summed E-state index contributed by atoms with van der Waals surface area (Å²) in [6, 6.07) is 0. The number of hydrogen-bond acceptors (Lipinski definition) is 3. The fourth-order valence-corrected chi connectivity index (χ4v) is 2.25. The molecule has 0 N–H and O–H groups in total. The average Bonchev–Trinajstić information content (AvgIpc) is 2.36. The predicted octanol–water partition coefficient (Wildman–Crippen LogP) is 3.78. The second kappa shape index (κ2) is 11.0. The normalized spacial score (nSPS) is 12.5. The summed E-state index contributed by atoms with van der Waals surface area (Å²) in [5, 5.41) is 0. The van der Waals surface area contributed by atoms with Crippen LogP contribution in [0.4, 0.5) is 0 Å². The fourth-order valence-electron chi connectivity index (χ4n) is 1.45. The zero-order chi connectivity index (χ0) is 13.0. The molecule has 0 heterocycles. The van der Waals surface area contributed by atoms with E-state index in [1.165, 1.54) is 32.1 Å². The largest absolute Gasteiger partial charge is 0.497 e. The number of unbranched alkanes of at least 4 members (excludes halogenated alkanes) is 5. The van der Waals surface area contributed by atoms with Crippen LogP contribution in [0.25, 0.3) is 0 Å². The molecule has 0 spiro atoms. The quantitative estimate of drug-likeness (QED) is 0.321. The minimum absolute atomic E-state index is 0.583. The molecule has 0 bridgehead atoms. The standard InChI is InChI=1S/C13H28O3Si/c1-5-6-7-8-9-10-11-12-13-16-17(4,14-2)15-3/h11-12H,5-10,13H2,1-4H3. The summed E-state index contributed by atoms with van der Waals surface area (Å²) in [5.41, 5.74) is 0. The highest BCUT2D eigenvalue weighted by Crippen LogP contribution is 2.07. The average molecular weight is 260 g/mol. The molecule has 0 amide bonds. The second-order valence-electron chi connectivity index (χ2n) is 4.26. The van der Waals surface area contributed by atoms with Crippen molar-refractivity contribution in [2.24, 2.45) is 0 Å². The molecule has 3 nitrogen and oxygen atoms in total. The number of hydrogen-bond donors (Lipinski definition) is 0. The number of allylic oxidation sites excluding steroid dienone is 1. The van der Waals surface area contributed by atoms with E-state index in [0.717, 1.165) is 6.42 Å². The van der Waals surface area contributed by atoms with E-state index in [1.807, 2.05) is 6.55 Å². The van der Waals surface area contributed by atoms with E-state index in [-0.39, 0.29) is 0 Å². The van der Waals surface area contributed by atoms with E-state index in [9.17, 15) is 0 Å².